The maximum Gasteiger partial charge on any atom is 0.137 e. The lowest BCUT2D eigenvalue weighted by Crippen LogP contribution is -2.36. The predicted octanol–water partition coefficient (Wildman–Crippen LogP) is 3.42. The Balaban J connectivity index is 2.17. The summed E-state index contributed by atoms with van der Waals surface area (Å²) in [6.07, 6.45) is 2.29. The minimum atomic E-state index is 0.290. The minimum Gasteiger partial charge on any atom is -0.384 e. The van der Waals surface area contributed by atoms with E-state index in [1.807, 2.05) is 6.92 Å². The molecule has 1 fully saturated rings. The number of methoxy groups -OCH3 is 1. The Morgan fingerprint density at radius 3 is 2.50 bits per heavy atom. The molecule has 0 amide bonds. The van der Waals surface area contributed by atoms with Crippen LogP contribution in [-0.4, -0.2) is 36.8 Å². The molecule has 1 aromatic rings. The Morgan fingerprint density at radius 2 is 1.95 bits per heavy atom. The molecule has 0 atom stereocenters. The molecule has 0 aromatic carbocycles. The van der Waals surface area contributed by atoms with Crippen LogP contribution in [0.5, 0.6) is 0 Å². The third-order valence-electron chi connectivity index (χ3n) is 3.91. The second-order valence-corrected chi connectivity index (χ2v) is 6.22. The number of aromatic nitrogens is 2. The maximum atomic E-state index is 6.26. The lowest BCUT2D eigenvalue weighted by molar-refractivity contribution is 0.139. The maximum absolute atomic E-state index is 6.26. The third kappa shape index (κ3) is 3.41. The van der Waals surface area contributed by atoms with Crippen LogP contribution in [-0.2, 0) is 4.74 Å². The van der Waals surface area contributed by atoms with Crippen LogP contribution < -0.4 is 4.90 Å². The van der Waals surface area contributed by atoms with Gasteiger partial charge in [-0.3, -0.25) is 0 Å². The highest BCUT2D eigenvalue weighted by Gasteiger charge is 2.23. The van der Waals surface area contributed by atoms with Crippen molar-refractivity contribution in [1.82, 2.24) is 9.97 Å². The molecule has 4 nitrogen and oxygen atoms in total. The minimum absolute atomic E-state index is 0.290. The fraction of sp³-hybridized carbons (Fsp3) is 0.733. The number of nitrogens with zero attached hydrogens (tertiary/aromatic N) is 3. The first-order valence-corrected chi connectivity index (χ1v) is 7.68. The number of hydrogen-bond donors (Lipinski definition) is 0. The average Bonchev–Trinajstić information content (AvgIpc) is 2.43. The molecule has 112 valence electrons. The van der Waals surface area contributed by atoms with Crippen LogP contribution in [0.15, 0.2) is 0 Å². The molecular formula is C15H24ClN3O. The molecule has 1 aromatic heterocycles. The largest absolute Gasteiger partial charge is 0.384 e. The van der Waals surface area contributed by atoms with Crippen LogP contribution in [0.25, 0.3) is 0 Å². The van der Waals surface area contributed by atoms with Crippen LogP contribution >= 0.6 is 11.6 Å². The molecule has 2 heterocycles. The molecule has 2 rings (SSSR count). The molecule has 0 unspecified atom stereocenters. The van der Waals surface area contributed by atoms with Gasteiger partial charge in [0.05, 0.1) is 0 Å². The van der Waals surface area contributed by atoms with Gasteiger partial charge in [-0.2, -0.15) is 0 Å². The molecule has 20 heavy (non-hydrogen) atoms. The van der Waals surface area contributed by atoms with Gasteiger partial charge >= 0.3 is 0 Å². The fourth-order valence-corrected chi connectivity index (χ4v) is 2.78. The zero-order valence-electron chi connectivity index (χ0n) is 12.8. The van der Waals surface area contributed by atoms with Gasteiger partial charge in [0.15, 0.2) is 0 Å². The fourth-order valence-electron chi connectivity index (χ4n) is 2.61. The van der Waals surface area contributed by atoms with Crippen molar-refractivity contribution in [3.05, 3.63) is 16.5 Å². The molecule has 1 aliphatic rings. The topological polar surface area (TPSA) is 38.2 Å². The van der Waals surface area contributed by atoms with Crippen LogP contribution in [0.2, 0.25) is 5.15 Å². The summed E-state index contributed by atoms with van der Waals surface area (Å²) in [5, 5.41) is 0.581. The first-order chi connectivity index (χ1) is 9.52. The highest BCUT2D eigenvalue weighted by molar-refractivity contribution is 6.30. The second kappa shape index (κ2) is 6.72. The van der Waals surface area contributed by atoms with Crippen LogP contribution in [0.4, 0.5) is 5.82 Å². The van der Waals surface area contributed by atoms with Gasteiger partial charge in [0.1, 0.15) is 16.8 Å². The molecular weight excluding hydrogens is 274 g/mol. The average molecular weight is 298 g/mol. The standard InChI is InChI=1S/C15H24ClN3O/c1-10(2)14-17-13(16)11(3)15(18-14)19-7-5-12(6-8-19)9-20-4/h10,12H,5-9H2,1-4H3. The molecule has 0 bridgehead atoms. The number of anilines is 1. The summed E-state index contributed by atoms with van der Waals surface area (Å²) < 4.78 is 5.25. The van der Waals surface area contributed by atoms with Crippen molar-refractivity contribution in [2.75, 3.05) is 31.7 Å². The summed E-state index contributed by atoms with van der Waals surface area (Å²) in [4.78, 5) is 11.4. The molecule has 5 heteroatoms. The van der Waals surface area contributed by atoms with Gasteiger partial charge in [-0.25, -0.2) is 9.97 Å². The Kier molecular flexibility index (Phi) is 5.22. The summed E-state index contributed by atoms with van der Waals surface area (Å²) in [7, 11) is 1.77. The monoisotopic (exact) mass is 297 g/mol. The number of piperidine rings is 1. The zero-order chi connectivity index (χ0) is 14.7. The van der Waals surface area contributed by atoms with Gasteiger partial charge in [0.2, 0.25) is 0 Å². The Labute approximate surface area is 126 Å². The van der Waals surface area contributed by atoms with E-state index in [9.17, 15) is 0 Å². The molecule has 0 saturated carbocycles. The van der Waals surface area contributed by atoms with Crippen molar-refractivity contribution >= 4 is 17.4 Å². The van der Waals surface area contributed by atoms with Crippen molar-refractivity contribution < 1.29 is 4.74 Å². The number of halogens is 1. The van der Waals surface area contributed by atoms with E-state index >= 15 is 0 Å². The van der Waals surface area contributed by atoms with Crippen molar-refractivity contribution in [2.24, 2.45) is 5.92 Å². The summed E-state index contributed by atoms with van der Waals surface area (Å²) in [6, 6.07) is 0. The smallest absolute Gasteiger partial charge is 0.137 e. The van der Waals surface area contributed by atoms with Crippen molar-refractivity contribution in [1.29, 1.82) is 0 Å². The molecule has 0 spiro atoms. The molecule has 0 aliphatic carbocycles. The lowest BCUT2D eigenvalue weighted by atomic mass is 9.97. The molecule has 0 N–H and O–H groups in total. The molecule has 1 saturated heterocycles. The van der Waals surface area contributed by atoms with Gasteiger partial charge in [-0.05, 0) is 25.7 Å². The van der Waals surface area contributed by atoms with E-state index < -0.39 is 0 Å². The number of rotatable bonds is 4. The van der Waals surface area contributed by atoms with Gasteiger partial charge in [0.25, 0.3) is 0 Å². The van der Waals surface area contributed by atoms with Crippen molar-refractivity contribution in [3.63, 3.8) is 0 Å². The van der Waals surface area contributed by atoms with Gasteiger partial charge < -0.3 is 9.64 Å². The summed E-state index contributed by atoms with van der Waals surface area (Å²) >= 11 is 6.26. The van der Waals surface area contributed by atoms with Crippen LogP contribution in [0, 0.1) is 12.8 Å². The quantitative estimate of drug-likeness (QED) is 0.798. The molecule has 0 radical (unpaired) electrons. The normalized spacial score (nSPS) is 17.0. The van der Waals surface area contributed by atoms with E-state index in [1.54, 1.807) is 7.11 Å². The van der Waals surface area contributed by atoms with E-state index in [0.717, 1.165) is 49.7 Å². The highest BCUT2D eigenvalue weighted by Crippen LogP contribution is 2.29. The van der Waals surface area contributed by atoms with Crippen molar-refractivity contribution in [3.8, 4) is 0 Å². The van der Waals surface area contributed by atoms with Gasteiger partial charge in [0, 0.05) is 38.3 Å². The number of hydrogen-bond acceptors (Lipinski definition) is 4. The van der Waals surface area contributed by atoms with Gasteiger partial charge in [-0.1, -0.05) is 25.4 Å². The zero-order valence-corrected chi connectivity index (χ0v) is 13.6. The summed E-state index contributed by atoms with van der Waals surface area (Å²) in [6.45, 7) is 9.07. The SMILES string of the molecule is COCC1CCN(c2nc(C(C)C)nc(Cl)c2C)CC1. The third-order valence-corrected chi connectivity index (χ3v) is 4.28. The first kappa shape index (κ1) is 15.5. The van der Waals surface area contributed by atoms with E-state index in [2.05, 4.69) is 23.7 Å². The number of ether oxygens (including phenoxy) is 1. The Bertz CT molecular complexity index is 457. The van der Waals surface area contributed by atoms with Crippen LogP contribution in [0.1, 0.15) is 44.0 Å². The second-order valence-electron chi connectivity index (χ2n) is 5.86. The van der Waals surface area contributed by atoms with Crippen molar-refractivity contribution in [2.45, 2.75) is 39.5 Å². The van der Waals surface area contributed by atoms with Crippen LogP contribution in [0.3, 0.4) is 0 Å². The lowest BCUT2D eigenvalue weighted by Gasteiger charge is -2.33. The Morgan fingerprint density at radius 1 is 1.30 bits per heavy atom. The van der Waals surface area contributed by atoms with E-state index in [0.29, 0.717) is 11.1 Å². The van der Waals surface area contributed by atoms with E-state index in [1.165, 1.54) is 0 Å². The molecule has 1 aliphatic heterocycles. The van der Waals surface area contributed by atoms with Gasteiger partial charge in [-0.15, -0.1) is 0 Å². The Hall–Kier alpha value is -0.870. The predicted molar refractivity (Wildman–Crippen MR) is 82.7 cm³/mol. The van der Waals surface area contributed by atoms with E-state index in [-0.39, 0.29) is 5.92 Å². The highest BCUT2D eigenvalue weighted by atomic mass is 35.5. The van der Waals surface area contributed by atoms with E-state index in [4.69, 9.17) is 21.3 Å². The first-order valence-electron chi connectivity index (χ1n) is 7.30. The summed E-state index contributed by atoms with van der Waals surface area (Å²) in [5.74, 6) is 2.79. The summed E-state index contributed by atoms with van der Waals surface area (Å²) in [5.41, 5.74) is 0.987.